The van der Waals surface area contributed by atoms with Crippen molar-refractivity contribution >= 4 is 11.5 Å². The largest absolute Gasteiger partial charge is 0.394 e. The highest BCUT2D eigenvalue weighted by molar-refractivity contribution is 5.64. The lowest BCUT2D eigenvalue weighted by Gasteiger charge is -2.15. The molecule has 0 unspecified atom stereocenters. The quantitative estimate of drug-likeness (QED) is 0.777. The Labute approximate surface area is 115 Å². The van der Waals surface area contributed by atoms with E-state index in [-0.39, 0.29) is 0 Å². The number of hydrogen-bond donors (Lipinski definition) is 2. The number of ether oxygens (including phenoxy) is 1. The molecule has 19 heavy (non-hydrogen) atoms. The van der Waals surface area contributed by atoms with Gasteiger partial charge in [0.05, 0.1) is 24.1 Å². The molecule has 0 spiro atoms. The van der Waals surface area contributed by atoms with Crippen molar-refractivity contribution in [2.75, 3.05) is 24.2 Å². The van der Waals surface area contributed by atoms with E-state index in [0.717, 1.165) is 30.4 Å². The smallest absolute Gasteiger partial charge is 0.148 e. The SMILES string of the molecule is Cc1nn(C(C)C)c(NCCOC2CCCC2)c1N. The number of nitrogens with zero attached hydrogens (tertiary/aromatic N) is 2. The monoisotopic (exact) mass is 266 g/mol. The molecule has 0 atom stereocenters. The average molecular weight is 266 g/mol. The molecule has 1 fully saturated rings. The van der Waals surface area contributed by atoms with Crippen LogP contribution < -0.4 is 11.1 Å². The zero-order valence-electron chi connectivity index (χ0n) is 12.3. The molecule has 1 aliphatic rings. The second-order valence-electron chi connectivity index (χ2n) is 5.59. The van der Waals surface area contributed by atoms with Crippen LogP contribution in [0, 0.1) is 6.92 Å². The molecule has 0 saturated heterocycles. The van der Waals surface area contributed by atoms with Crippen LogP contribution in [-0.2, 0) is 4.74 Å². The van der Waals surface area contributed by atoms with Gasteiger partial charge in [-0.2, -0.15) is 5.10 Å². The fraction of sp³-hybridized carbons (Fsp3) is 0.786. The molecule has 5 heteroatoms. The molecule has 0 aromatic carbocycles. The van der Waals surface area contributed by atoms with Gasteiger partial charge in [-0.15, -0.1) is 0 Å². The summed E-state index contributed by atoms with van der Waals surface area (Å²) in [6.07, 6.45) is 5.52. The Morgan fingerprint density at radius 2 is 2.11 bits per heavy atom. The van der Waals surface area contributed by atoms with Gasteiger partial charge in [-0.1, -0.05) is 12.8 Å². The Balaban J connectivity index is 1.84. The Bertz CT molecular complexity index is 408. The third-order valence-corrected chi connectivity index (χ3v) is 3.67. The zero-order chi connectivity index (χ0) is 13.8. The van der Waals surface area contributed by atoms with E-state index < -0.39 is 0 Å². The van der Waals surface area contributed by atoms with Gasteiger partial charge in [0.2, 0.25) is 0 Å². The number of rotatable bonds is 6. The molecular formula is C14H26N4O. The van der Waals surface area contributed by atoms with E-state index in [1.54, 1.807) is 0 Å². The number of hydrogen-bond acceptors (Lipinski definition) is 4. The summed E-state index contributed by atoms with van der Waals surface area (Å²) in [5, 5.41) is 7.81. The topological polar surface area (TPSA) is 65.1 Å². The minimum atomic E-state index is 0.300. The molecule has 3 N–H and O–H groups in total. The first-order valence-electron chi connectivity index (χ1n) is 7.29. The fourth-order valence-corrected chi connectivity index (χ4v) is 2.56. The minimum absolute atomic E-state index is 0.300. The van der Waals surface area contributed by atoms with Crippen LogP contribution in [0.2, 0.25) is 0 Å². The van der Waals surface area contributed by atoms with E-state index in [4.69, 9.17) is 10.5 Å². The van der Waals surface area contributed by atoms with Crippen molar-refractivity contribution in [1.29, 1.82) is 0 Å². The lowest BCUT2D eigenvalue weighted by atomic mass is 10.3. The minimum Gasteiger partial charge on any atom is -0.394 e. The van der Waals surface area contributed by atoms with Crippen molar-refractivity contribution in [2.45, 2.75) is 58.6 Å². The first kappa shape index (κ1) is 14.2. The molecule has 1 aromatic heterocycles. The number of anilines is 2. The summed E-state index contributed by atoms with van der Waals surface area (Å²) in [5.74, 6) is 0.919. The van der Waals surface area contributed by atoms with E-state index in [2.05, 4.69) is 24.3 Å². The van der Waals surface area contributed by atoms with Crippen LogP contribution in [0.5, 0.6) is 0 Å². The van der Waals surface area contributed by atoms with Gasteiger partial charge >= 0.3 is 0 Å². The number of aryl methyl sites for hydroxylation is 1. The number of nitrogens with two attached hydrogens (primary N) is 1. The molecule has 1 aliphatic carbocycles. The van der Waals surface area contributed by atoms with Crippen LogP contribution in [0.4, 0.5) is 11.5 Å². The van der Waals surface area contributed by atoms with Crippen LogP contribution in [0.3, 0.4) is 0 Å². The van der Waals surface area contributed by atoms with Gasteiger partial charge in [0.15, 0.2) is 0 Å². The molecule has 1 saturated carbocycles. The molecule has 5 nitrogen and oxygen atoms in total. The number of nitrogen functional groups attached to an aromatic ring is 1. The van der Waals surface area contributed by atoms with Gasteiger partial charge in [0.25, 0.3) is 0 Å². The summed E-state index contributed by atoms with van der Waals surface area (Å²) < 4.78 is 7.78. The van der Waals surface area contributed by atoms with Gasteiger partial charge < -0.3 is 15.8 Å². The highest BCUT2D eigenvalue weighted by Gasteiger charge is 2.16. The second kappa shape index (κ2) is 6.28. The van der Waals surface area contributed by atoms with Crippen molar-refractivity contribution in [3.05, 3.63) is 5.69 Å². The summed E-state index contributed by atoms with van der Waals surface area (Å²) in [5.41, 5.74) is 7.69. The third kappa shape index (κ3) is 3.41. The van der Waals surface area contributed by atoms with Crippen LogP contribution in [0.25, 0.3) is 0 Å². The molecule has 108 valence electrons. The lowest BCUT2D eigenvalue weighted by Crippen LogP contribution is -2.18. The first-order chi connectivity index (χ1) is 9.09. The van der Waals surface area contributed by atoms with E-state index in [0.29, 0.717) is 12.1 Å². The predicted molar refractivity (Wildman–Crippen MR) is 78.5 cm³/mol. The van der Waals surface area contributed by atoms with Gasteiger partial charge in [-0.3, -0.25) is 0 Å². The molecule has 0 aliphatic heterocycles. The molecule has 2 rings (SSSR count). The predicted octanol–water partition coefficient (Wildman–Crippen LogP) is 2.73. The summed E-state index contributed by atoms with van der Waals surface area (Å²) in [7, 11) is 0. The molecule has 0 amide bonds. The normalized spacial score (nSPS) is 16.4. The molecule has 1 aromatic rings. The summed E-state index contributed by atoms with van der Waals surface area (Å²) >= 11 is 0. The van der Waals surface area contributed by atoms with E-state index in [1.807, 2.05) is 11.6 Å². The van der Waals surface area contributed by atoms with E-state index >= 15 is 0 Å². The fourth-order valence-electron chi connectivity index (χ4n) is 2.56. The van der Waals surface area contributed by atoms with Crippen molar-refractivity contribution in [1.82, 2.24) is 9.78 Å². The van der Waals surface area contributed by atoms with Crippen molar-refractivity contribution in [3.8, 4) is 0 Å². The maximum atomic E-state index is 6.06. The van der Waals surface area contributed by atoms with Crippen LogP contribution >= 0.6 is 0 Å². The highest BCUT2D eigenvalue weighted by atomic mass is 16.5. The summed E-state index contributed by atoms with van der Waals surface area (Å²) in [4.78, 5) is 0. The molecule has 0 radical (unpaired) electrons. The van der Waals surface area contributed by atoms with Crippen molar-refractivity contribution < 1.29 is 4.74 Å². The van der Waals surface area contributed by atoms with Gasteiger partial charge in [0.1, 0.15) is 5.82 Å². The van der Waals surface area contributed by atoms with Crippen molar-refractivity contribution in [2.24, 2.45) is 0 Å². The number of nitrogens with one attached hydrogen (secondary N) is 1. The van der Waals surface area contributed by atoms with Crippen LogP contribution in [0.1, 0.15) is 51.3 Å². The third-order valence-electron chi connectivity index (χ3n) is 3.67. The summed E-state index contributed by atoms with van der Waals surface area (Å²) in [6, 6.07) is 0.300. The molecular weight excluding hydrogens is 240 g/mol. The maximum Gasteiger partial charge on any atom is 0.148 e. The maximum absolute atomic E-state index is 6.06. The Hall–Kier alpha value is -1.23. The molecule has 0 bridgehead atoms. The van der Waals surface area contributed by atoms with Gasteiger partial charge in [-0.05, 0) is 33.6 Å². The Kier molecular flexibility index (Phi) is 4.69. The Morgan fingerprint density at radius 1 is 1.42 bits per heavy atom. The van der Waals surface area contributed by atoms with Gasteiger partial charge in [0, 0.05) is 12.6 Å². The van der Waals surface area contributed by atoms with Gasteiger partial charge in [-0.25, -0.2) is 4.68 Å². The van der Waals surface area contributed by atoms with Crippen molar-refractivity contribution in [3.63, 3.8) is 0 Å². The van der Waals surface area contributed by atoms with E-state index in [1.165, 1.54) is 25.7 Å². The standard InChI is InChI=1S/C14H26N4O/c1-10(2)18-14(13(15)11(3)17-18)16-8-9-19-12-6-4-5-7-12/h10,12,16H,4-9,15H2,1-3H3. The van der Waals surface area contributed by atoms with Crippen LogP contribution in [0.15, 0.2) is 0 Å². The van der Waals surface area contributed by atoms with E-state index in [9.17, 15) is 0 Å². The zero-order valence-corrected chi connectivity index (χ0v) is 12.3. The lowest BCUT2D eigenvalue weighted by molar-refractivity contribution is 0.0658. The van der Waals surface area contributed by atoms with Crippen LogP contribution in [-0.4, -0.2) is 29.0 Å². The highest BCUT2D eigenvalue weighted by Crippen LogP contribution is 2.25. The Morgan fingerprint density at radius 3 is 2.74 bits per heavy atom. The first-order valence-corrected chi connectivity index (χ1v) is 7.29. The second-order valence-corrected chi connectivity index (χ2v) is 5.59. The average Bonchev–Trinajstić information content (AvgIpc) is 2.97. The number of aromatic nitrogens is 2. The molecule has 1 heterocycles. The summed E-state index contributed by atoms with van der Waals surface area (Å²) in [6.45, 7) is 7.65.